The molecule has 2 aromatic rings. The monoisotopic (exact) mass is 458 g/mol. The fourth-order valence-electron chi connectivity index (χ4n) is 4.54. The van der Waals surface area contributed by atoms with Crippen molar-refractivity contribution in [2.24, 2.45) is 11.7 Å². The number of halogens is 1. The van der Waals surface area contributed by atoms with E-state index in [1.165, 1.54) is 14.2 Å². The molecular formula is C22H23ClN4O5. The summed E-state index contributed by atoms with van der Waals surface area (Å²) in [4.78, 5) is 38.4. The van der Waals surface area contributed by atoms with Crippen LogP contribution in [0.3, 0.4) is 0 Å². The molecule has 0 bridgehead atoms. The number of hydrogen-bond acceptors (Lipinski definition) is 6. The fraction of sp³-hybridized carbons (Fsp3) is 0.318. The zero-order chi connectivity index (χ0) is 23.0. The second-order valence-corrected chi connectivity index (χ2v) is 8.24. The van der Waals surface area contributed by atoms with E-state index in [2.05, 4.69) is 16.0 Å². The average molecular weight is 459 g/mol. The van der Waals surface area contributed by atoms with E-state index in [1.54, 1.807) is 36.4 Å². The standard InChI is InChI=1S/C22H23ClN4O5/c1-31-13-4-6-18(32-2)17(10-13)25-20(29)15-8-12(9-19(24)28)27-22(15)14-7-11(23)3-5-16(14)26-21(22)30/h3-7,10,12,15,27H,8-9H2,1-2H3,(H2,24,28)(H,25,29)(H,26,30)/t12-,15-,22+/m1/s1. The van der Waals surface area contributed by atoms with Crippen LogP contribution in [0.5, 0.6) is 11.5 Å². The largest absolute Gasteiger partial charge is 0.497 e. The Balaban J connectivity index is 1.75. The van der Waals surface area contributed by atoms with Crippen LogP contribution in [0.4, 0.5) is 11.4 Å². The number of carbonyl (C=O) groups is 3. The van der Waals surface area contributed by atoms with Crippen molar-refractivity contribution < 1.29 is 23.9 Å². The maximum Gasteiger partial charge on any atom is 0.250 e. The number of primary amides is 1. The van der Waals surface area contributed by atoms with Crippen LogP contribution in [-0.4, -0.2) is 38.0 Å². The lowest BCUT2D eigenvalue weighted by Gasteiger charge is -2.29. The first kappa shape index (κ1) is 21.9. The smallest absolute Gasteiger partial charge is 0.250 e. The number of fused-ring (bicyclic) bond motifs is 2. The molecule has 0 radical (unpaired) electrons. The Morgan fingerprint density at radius 2 is 2.00 bits per heavy atom. The number of nitrogens with two attached hydrogens (primary N) is 1. The lowest BCUT2D eigenvalue weighted by atomic mass is 9.79. The van der Waals surface area contributed by atoms with Crippen molar-refractivity contribution in [3.8, 4) is 11.5 Å². The van der Waals surface area contributed by atoms with Gasteiger partial charge in [0.15, 0.2) is 0 Å². The Kier molecular flexibility index (Phi) is 5.70. The first-order chi connectivity index (χ1) is 15.3. The summed E-state index contributed by atoms with van der Waals surface area (Å²) < 4.78 is 10.6. The highest BCUT2D eigenvalue weighted by Gasteiger charge is 2.60. The van der Waals surface area contributed by atoms with Gasteiger partial charge in [0.05, 0.1) is 25.8 Å². The van der Waals surface area contributed by atoms with Gasteiger partial charge in [0.2, 0.25) is 17.7 Å². The third kappa shape index (κ3) is 3.63. The molecule has 0 saturated carbocycles. The highest BCUT2D eigenvalue weighted by Crippen LogP contribution is 2.48. The predicted molar refractivity (Wildman–Crippen MR) is 119 cm³/mol. The van der Waals surface area contributed by atoms with Gasteiger partial charge < -0.3 is 25.8 Å². The molecule has 3 amide bonds. The lowest BCUT2D eigenvalue weighted by Crippen LogP contribution is -2.52. The number of benzene rings is 2. The molecule has 0 unspecified atom stereocenters. The number of hydrogen-bond donors (Lipinski definition) is 4. The van der Waals surface area contributed by atoms with Crippen LogP contribution in [0.25, 0.3) is 0 Å². The number of carbonyl (C=O) groups excluding carboxylic acids is 3. The molecule has 0 aliphatic carbocycles. The van der Waals surface area contributed by atoms with Gasteiger partial charge in [-0.1, -0.05) is 11.6 Å². The van der Waals surface area contributed by atoms with Gasteiger partial charge in [-0.05, 0) is 36.8 Å². The van der Waals surface area contributed by atoms with E-state index >= 15 is 0 Å². The first-order valence-corrected chi connectivity index (χ1v) is 10.4. The van der Waals surface area contributed by atoms with Crippen molar-refractivity contribution in [3.05, 3.63) is 47.0 Å². The van der Waals surface area contributed by atoms with E-state index in [-0.39, 0.29) is 18.7 Å². The maximum atomic E-state index is 13.5. The molecule has 4 rings (SSSR count). The van der Waals surface area contributed by atoms with Gasteiger partial charge in [-0.25, -0.2) is 0 Å². The Labute approximate surface area is 189 Å². The quantitative estimate of drug-likeness (QED) is 0.523. The second kappa shape index (κ2) is 8.33. The third-order valence-corrected chi connectivity index (χ3v) is 6.15. The molecule has 2 aliphatic heterocycles. The minimum Gasteiger partial charge on any atom is -0.497 e. The summed E-state index contributed by atoms with van der Waals surface area (Å²) in [6.45, 7) is 0. The van der Waals surface area contributed by atoms with Gasteiger partial charge in [-0.2, -0.15) is 0 Å². The van der Waals surface area contributed by atoms with E-state index in [0.717, 1.165) is 0 Å². The summed E-state index contributed by atoms with van der Waals surface area (Å²) in [6.07, 6.45) is 0.206. The molecule has 2 heterocycles. The number of ether oxygens (including phenoxy) is 2. The van der Waals surface area contributed by atoms with Crippen LogP contribution in [-0.2, 0) is 19.9 Å². The third-order valence-electron chi connectivity index (χ3n) is 5.92. The Morgan fingerprint density at radius 3 is 2.69 bits per heavy atom. The van der Waals surface area contributed by atoms with Crippen LogP contribution in [0.1, 0.15) is 18.4 Å². The number of amides is 3. The Hall–Kier alpha value is -3.30. The molecule has 1 saturated heterocycles. The van der Waals surface area contributed by atoms with Crippen molar-refractivity contribution in [1.29, 1.82) is 0 Å². The van der Waals surface area contributed by atoms with Crippen molar-refractivity contribution in [2.75, 3.05) is 24.9 Å². The van der Waals surface area contributed by atoms with Gasteiger partial charge >= 0.3 is 0 Å². The minimum atomic E-state index is -1.39. The number of methoxy groups -OCH3 is 2. The fourth-order valence-corrected chi connectivity index (χ4v) is 4.71. The average Bonchev–Trinajstić information content (AvgIpc) is 3.26. The topological polar surface area (TPSA) is 132 Å². The Morgan fingerprint density at radius 1 is 1.22 bits per heavy atom. The normalized spacial score (nSPS) is 23.5. The molecule has 32 heavy (non-hydrogen) atoms. The zero-order valence-electron chi connectivity index (χ0n) is 17.5. The van der Waals surface area contributed by atoms with Crippen LogP contribution in [0, 0.1) is 5.92 Å². The van der Waals surface area contributed by atoms with Gasteiger partial charge in [-0.3, -0.25) is 19.7 Å². The highest BCUT2D eigenvalue weighted by atomic mass is 35.5. The molecule has 1 spiro atoms. The Bertz CT molecular complexity index is 1110. The van der Waals surface area contributed by atoms with Crippen LogP contribution in [0.15, 0.2) is 36.4 Å². The SMILES string of the molecule is COc1ccc(OC)c(NC(=O)[C@H]2C[C@H](CC(N)=O)N[C@]23C(=O)Nc2ccc(Cl)cc23)c1. The van der Waals surface area contributed by atoms with Crippen molar-refractivity contribution >= 4 is 40.7 Å². The molecule has 168 valence electrons. The lowest BCUT2D eigenvalue weighted by molar-refractivity contribution is -0.130. The van der Waals surface area contributed by atoms with Crippen molar-refractivity contribution in [1.82, 2.24) is 5.32 Å². The predicted octanol–water partition coefficient (Wildman–Crippen LogP) is 2.00. The first-order valence-electron chi connectivity index (χ1n) is 9.99. The number of rotatable bonds is 6. The zero-order valence-corrected chi connectivity index (χ0v) is 18.3. The minimum absolute atomic E-state index is 0.0167. The van der Waals surface area contributed by atoms with Gasteiger partial charge in [-0.15, -0.1) is 0 Å². The summed E-state index contributed by atoms with van der Waals surface area (Å²) in [6, 6.07) is 9.54. The molecular weight excluding hydrogens is 436 g/mol. The summed E-state index contributed by atoms with van der Waals surface area (Å²) in [5.41, 5.74) is 5.52. The number of anilines is 2. The molecule has 2 aliphatic rings. The van der Waals surface area contributed by atoms with Gasteiger partial charge in [0.25, 0.3) is 0 Å². The molecule has 5 N–H and O–H groups in total. The highest BCUT2D eigenvalue weighted by molar-refractivity contribution is 6.31. The second-order valence-electron chi connectivity index (χ2n) is 7.81. The van der Waals surface area contributed by atoms with E-state index in [0.29, 0.717) is 33.5 Å². The summed E-state index contributed by atoms with van der Waals surface area (Å²) >= 11 is 6.21. The van der Waals surface area contributed by atoms with Crippen LogP contribution < -0.4 is 31.2 Å². The van der Waals surface area contributed by atoms with Crippen molar-refractivity contribution in [3.63, 3.8) is 0 Å². The van der Waals surface area contributed by atoms with Gasteiger partial charge in [0.1, 0.15) is 17.0 Å². The molecule has 10 heteroatoms. The van der Waals surface area contributed by atoms with Crippen molar-refractivity contribution in [2.45, 2.75) is 24.4 Å². The molecule has 0 aromatic heterocycles. The van der Waals surface area contributed by atoms with E-state index < -0.39 is 29.3 Å². The van der Waals surface area contributed by atoms with E-state index in [9.17, 15) is 14.4 Å². The molecule has 9 nitrogen and oxygen atoms in total. The van der Waals surface area contributed by atoms with E-state index in [4.69, 9.17) is 26.8 Å². The maximum absolute atomic E-state index is 13.5. The summed E-state index contributed by atoms with van der Waals surface area (Å²) in [7, 11) is 3.00. The molecule has 3 atom stereocenters. The summed E-state index contributed by atoms with van der Waals surface area (Å²) in [5.74, 6) is -1.21. The molecule has 1 fully saturated rings. The number of nitrogens with one attached hydrogen (secondary N) is 3. The van der Waals surface area contributed by atoms with Gasteiger partial charge in [0, 0.05) is 34.8 Å². The van der Waals surface area contributed by atoms with Crippen LogP contribution in [0.2, 0.25) is 5.02 Å². The summed E-state index contributed by atoms with van der Waals surface area (Å²) in [5, 5.41) is 9.31. The molecule has 2 aromatic carbocycles. The van der Waals surface area contributed by atoms with Crippen LogP contribution >= 0.6 is 11.6 Å². The van der Waals surface area contributed by atoms with E-state index in [1.807, 2.05) is 0 Å².